The van der Waals surface area contributed by atoms with E-state index in [9.17, 15) is 5.26 Å². The van der Waals surface area contributed by atoms with Crippen LogP contribution >= 0.6 is 0 Å². The number of nitriles is 1. The van der Waals surface area contributed by atoms with E-state index in [1.165, 1.54) is 12.8 Å². The van der Waals surface area contributed by atoms with Crippen molar-refractivity contribution in [1.82, 2.24) is 5.32 Å². The number of rotatable bonds is 9. The summed E-state index contributed by atoms with van der Waals surface area (Å²) in [6, 6.07) is 3.00. The van der Waals surface area contributed by atoms with Gasteiger partial charge in [-0.15, -0.1) is 0 Å². The quantitative estimate of drug-likeness (QED) is 0.628. The summed E-state index contributed by atoms with van der Waals surface area (Å²) in [7, 11) is 0. The van der Waals surface area contributed by atoms with Crippen LogP contribution in [-0.4, -0.2) is 24.8 Å². The fraction of sp³-hybridized carbons (Fsp3) is 0.929. The summed E-state index contributed by atoms with van der Waals surface area (Å²) >= 11 is 0. The third kappa shape index (κ3) is 6.65. The van der Waals surface area contributed by atoms with Crippen molar-refractivity contribution in [3.63, 3.8) is 0 Å². The number of hydrogen-bond donors (Lipinski definition) is 1. The fourth-order valence-electron chi connectivity index (χ4n) is 1.84. The molecular formula is C14H26N2O. The molecule has 17 heavy (non-hydrogen) atoms. The summed E-state index contributed by atoms with van der Waals surface area (Å²) < 4.78 is 5.53. The van der Waals surface area contributed by atoms with E-state index in [1.807, 2.05) is 6.92 Å². The van der Waals surface area contributed by atoms with Gasteiger partial charge in [-0.05, 0) is 44.9 Å². The van der Waals surface area contributed by atoms with Gasteiger partial charge in [-0.2, -0.15) is 5.26 Å². The molecule has 98 valence electrons. The van der Waals surface area contributed by atoms with E-state index >= 15 is 0 Å². The second kappa shape index (κ2) is 6.98. The Morgan fingerprint density at radius 2 is 2.12 bits per heavy atom. The van der Waals surface area contributed by atoms with Crippen LogP contribution in [0.1, 0.15) is 52.9 Å². The normalized spacial score (nSPS) is 19.0. The van der Waals surface area contributed by atoms with E-state index in [-0.39, 0.29) is 5.54 Å². The van der Waals surface area contributed by atoms with Crippen LogP contribution in [0, 0.1) is 17.2 Å². The molecule has 0 amide bonds. The minimum Gasteiger partial charge on any atom is -0.381 e. The third-order valence-electron chi connectivity index (χ3n) is 3.01. The molecule has 0 radical (unpaired) electrons. The van der Waals surface area contributed by atoms with Crippen molar-refractivity contribution in [3.8, 4) is 6.07 Å². The lowest BCUT2D eigenvalue weighted by Gasteiger charge is -2.23. The first kappa shape index (κ1) is 14.5. The Morgan fingerprint density at radius 3 is 2.65 bits per heavy atom. The molecule has 1 aliphatic rings. The molecule has 3 nitrogen and oxygen atoms in total. The summed E-state index contributed by atoms with van der Waals surface area (Å²) in [6.07, 6.45) is 5.49. The maximum absolute atomic E-state index is 9.19. The van der Waals surface area contributed by atoms with Gasteiger partial charge in [0.15, 0.2) is 0 Å². The van der Waals surface area contributed by atoms with Gasteiger partial charge in [0.05, 0.1) is 6.07 Å². The summed E-state index contributed by atoms with van der Waals surface area (Å²) in [5.74, 6) is 0.607. The van der Waals surface area contributed by atoms with Crippen LogP contribution in [0.5, 0.6) is 0 Å². The zero-order valence-corrected chi connectivity index (χ0v) is 11.5. The summed E-state index contributed by atoms with van der Waals surface area (Å²) in [4.78, 5) is 0. The highest BCUT2D eigenvalue weighted by Gasteiger charge is 2.31. The number of ether oxygens (including phenoxy) is 1. The van der Waals surface area contributed by atoms with Crippen LogP contribution in [0.3, 0.4) is 0 Å². The maximum Gasteiger partial charge on any atom is 0.104 e. The molecule has 0 heterocycles. The van der Waals surface area contributed by atoms with Gasteiger partial charge in [0, 0.05) is 19.3 Å². The zero-order valence-electron chi connectivity index (χ0n) is 11.5. The highest BCUT2D eigenvalue weighted by Crippen LogP contribution is 2.24. The Hall–Kier alpha value is -0.590. The molecule has 0 aromatic carbocycles. The number of unbranched alkanes of at least 4 members (excludes halogenated alkanes) is 1. The van der Waals surface area contributed by atoms with E-state index < -0.39 is 0 Å². The van der Waals surface area contributed by atoms with Crippen LogP contribution in [0.2, 0.25) is 0 Å². The Kier molecular flexibility index (Phi) is 5.94. The molecule has 1 unspecified atom stereocenters. The van der Waals surface area contributed by atoms with E-state index in [1.54, 1.807) is 0 Å². The first-order valence-corrected chi connectivity index (χ1v) is 6.82. The standard InChI is InChI=1S/C14H26N2O/c1-12(2)10-17-9-5-4-8-14(3,11-15)16-13-6-7-13/h12-13,16H,4-10H2,1-3H3. The van der Waals surface area contributed by atoms with Crippen LogP contribution in [-0.2, 0) is 4.74 Å². The summed E-state index contributed by atoms with van der Waals surface area (Å²) in [5, 5.41) is 12.6. The Morgan fingerprint density at radius 1 is 1.41 bits per heavy atom. The third-order valence-corrected chi connectivity index (χ3v) is 3.01. The highest BCUT2D eigenvalue weighted by atomic mass is 16.5. The lowest BCUT2D eigenvalue weighted by atomic mass is 9.96. The van der Waals surface area contributed by atoms with Crippen molar-refractivity contribution in [2.45, 2.75) is 64.5 Å². The Labute approximate surface area is 106 Å². The maximum atomic E-state index is 9.19. The van der Waals surface area contributed by atoms with Gasteiger partial charge in [0.1, 0.15) is 5.54 Å². The van der Waals surface area contributed by atoms with Crippen molar-refractivity contribution >= 4 is 0 Å². The second-order valence-corrected chi connectivity index (χ2v) is 5.79. The Balaban J connectivity index is 2.05. The highest BCUT2D eigenvalue weighted by molar-refractivity contribution is 5.06. The van der Waals surface area contributed by atoms with Gasteiger partial charge in [-0.1, -0.05) is 13.8 Å². The van der Waals surface area contributed by atoms with Crippen molar-refractivity contribution < 1.29 is 4.74 Å². The number of nitrogens with zero attached hydrogens (tertiary/aromatic N) is 1. The monoisotopic (exact) mass is 238 g/mol. The van der Waals surface area contributed by atoms with Gasteiger partial charge in [-0.25, -0.2) is 0 Å². The minimum absolute atomic E-state index is 0.334. The SMILES string of the molecule is CC(C)COCCCCC(C)(C#N)NC1CC1. The molecule has 0 saturated heterocycles. The Bertz CT molecular complexity index is 255. The van der Waals surface area contributed by atoms with Crippen molar-refractivity contribution in [3.05, 3.63) is 0 Å². The average molecular weight is 238 g/mol. The molecule has 0 spiro atoms. The van der Waals surface area contributed by atoms with Crippen LogP contribution in [0.4, 0.5) is 0 Å². The molecule has 1 N–H and O–H groups in total. The van der Waals surface area contributed by atoms with Crippen molar-refractivity contribution in [1.29, 1.82) is 5.26 Å². The smallest absolute Gasteiger partial charge is 0.104 e. The van der Waals surface area contributed by atoms with Crippen LogP contribution in [0.15, 0.2) is 0 Å². The van der Waals surface area contributed by atoms with E-state index in [0.717, 1.165) is 32.5 Å². The predicted molar refractivity (Wildman–Crippen MR) is 69.7 cm³/mol. The van der Waals surface area contributed by atoms with E-state index in [0.29, 0.717) is 12.0 Å². The minimum atomic E-state index is -0.334. The molecular weight excluding hydrogens is 212 g/mol. The van der Waals surface area contributed by atoms with Gasteiger partial charge in [-0.3, -0.25) is 5.32 Å². The first-order chi connectivity index (χ1) is 8.06. The molecule has 0 aromatic rings. The van der Waals surface area contributed by atoms with Crippen LogP contribution < -0.4 is 5.32 Å². The largest absolute Gasteiger partial charge is 0.381 e. The lowest BCUT2D eigenvalue weighted by Crippen LogP contribution is -2.42. The van der Waals surface area contributed by atoms with Gasteiger partial charge >= 0.3 is 0 Å². The molecule has 3 heteroatoms. The number of nitrogens with one attached hydrogen (secondary N) is 1. The summed E-state index contributed by atoms with van der Waals surface area (Å²) in [5.41, 5.74) is -0.334. The topological polar surface area (TPSA) is 45.0 Å². The van der Waals surface area contributed by atoms with Crippen molar-refractivity contribution in [2.75, 3.05) is 13.2 Å². The van der Waals surface area contributed by atoms with Gasteiger partial charge < -0.3 is 4.74 Å². The van der Waals surface area contributed by atoms with Gasteiger partial charge in [0.2, 0.25) is 0 Å². The van der Waals surface area contributed by atoms with Crippen LogP contribution in [0.25, 0.3) is 0 Å². The molecule has 1 saturated carbocycles. The van der Waals surface area contributed by atoms with Crippen molar-refractivity contribution in [2.24, 2.45) is 5.92 Å². The molecule has 0 bridgehead atoms. The molecule has 1 atom stereocenters. The molecule has 1 rings (SSSR count). The molecule has 0 aromatic heterocycles. The molecule has 1 aliphatic carbocycles. The first-order valence-electron chi connectivity index (χ1n) is 6.82. The molecule has 0 aliphatic heterocycles. The van der Waals surface area contributed by atoms with Gasteiger partial charge in [0.25, 0.3) is 0 Å². The zero-order chi connectivity index (χ0) is 12.7. The van der Waals surface area contributed by atoms with E-state index in [4.69, 9.17) is 4.74 Å². The summed E-state index contributed by atoms with van der Waals surface area (Å²) in [6.45, 7) is 8.00. The van der Waals surface area contributed by atoms with E-state index in [2.05, 4.69) is 25.2 Å². The molecule has 1 fully saturated rings. The second-order valence-electron chi connectivity index (χ2n) is 5.79. The number of hydrogen-bond acceptors (Lipinski definition) is 3. The average Bonchev–Trinajstić information content (AvgIpc) is 3.06. The predicted octanol–water partition coefficient (Wildman–Crippen LogP) is 2.86. The lowest BCUT2D eigenvalue weighted by molar-refractivity contribution is 0.105. The fourth-order valence-corrected chi connectivity index (χ4v) is 1.84.